The van der Waals surface area contributed by atoms with E-state index in [9.17, 15) is 13.2 Å². The van der Waals surface area contributed by atoms with E-state index in [2.05, 4.69) is 15.3 Å². The Balaban J connectivity index is 2.12. The molecule has 128 valence electrons. The molecule has 9 heteroatoms. The summed E-state index contributed by atoms with van der Waals surface area (Å²) < 4.78 is 28.2. The van der Waals surface area contributed by atoms with Crippen LogP contribution >= 0.6 is 0 Å². The van der Waals surface area contributed by atoms with Gasteiger partial charge in [0, 0.05) is 32.3 Å². The van der Waals surface area contributed by atoms with Crippen molar-refractivity contribution in [2.75, 3.05) is 43.2 Å². The van der Waals surface area contributed by atoms with Gasteiger partial charge in [0.1, 0.15) is 17.8 Å². The highest BCUT2D eigenvalue weighted by Crippen LogP contribution is 2.22. The molecular formula is C14H22N4O4S. The monoisotopic (exact) mass is 342 g/mol. The van der Waals surface area contributed by atoms with Crippen LogP contribution in [0.15, 0.2) is 12.4 Å². The molecule has 1 saturated heterocycles. The van der Waals surface area contributed by atoms with Crippen molar-refractivity contribution < 1.29 is 17.9 Å². The molecule has 1 N–H and O–H groups in total. The lowest BCUT2D eigenvalue weighted by Crippen LogP contribution is -2.37. The first kappa shape index (κ1) is 17.6. The molecule has 1 aliphatic rings. The van der Waals surface area contributed by atoms with Gasteiger partial charge in [-0.05, 0) is 13.3 Å². The number of hydrogen-bond acceptors (Lipinski definition) is 7. The number of rotatable bonds is 7. The van der Waals surface area contributed by atoms with E-state index >= 15 is 0 Å². The van der Waals surface area contributed by atoms with Crippen LogP contribution in [0.2, 0.25) is 0 Å². The van der Waals surface area contributed by atoms with Crippen LogP contribution in [0, 0.1) is 0 Å². The fourth-order valence-electron chi connectivity index (χ4n) is 2.61. The van der Waals surface area contributed by atoms with Crippen LogP contribution in [0.4, 0.5) is 5.82 Å². The highest BCUT2D eigenvalue weighted by molar-refractivity contribution is 7.91. The molecule has 0 saturated carbocycles. The van der Waals surface area contributed by atoms with Crippen molar-refractivity contribution in [3.63, 3.8) is 0 Å². The first-order valence-electron chi connectivity index (χ1n) is 7.53. The van der Waals surface area contributed by atoms with Gasteiger partial charge < -0.3 is 15.0 Å². The zero-order chi connectivity index (χ0) is 16.9. The maximum Gasteiger partial charge on any atom is 0.270 e. The number of carbonyl (C=O) groups excluding carboxylic acids is 1. The van der Waals surface area contributed by atoms with Crippen LogP contribution < -0.4 is 10.2 Å². The second-order valence-corrected chi connectivity index (χ2v) is 7.58. The number of ether oxygens (including phenoxy) is 1. The number of nitrogens with zero attached hydrogens (tertiary/aromatic N) is 3. The Hall–Kier alpha value is -1.74. The largest absolute Gasteiger partial charge is 0.383 e. The Kier molecular flexibility index (Phi) is 5.89. The summed E-state index contributed by atoms with van der Waals surface area (Å²) >= 11 is 0. The van der Waals surface area contributed by atoms with Gasteiger partial charge in [-0.3, -0.25) is 4.79 Å². The van der Waals surface area contributed by atoms with Crippen molar-refractivity contribution in [2.24, 2.45) is 0 Å². The number of nitrogens with one attached hydrogen (secondary N) is 1. The molecule has 1 unspecified atom stereocenters. The second-order valence-electron chi connectivity index (χ2n) is 5.35. The summed E-state index contributed by atoms with van der Waals surface area (Å²) in [5.74, 6) is 0.589. The zero-order valence-electron chi connectivity index (χ0n) is 13.4. The van der Waals surface area contributed by atoms with E-state index in [1.807, 2.05) is 11.8 Å². The standard InChI is InChI=1S/C14H22N4O4S/c1-3-18(11-4-7-23(20,21)9-11)13-8-12(16-10-17-13)14(19)15-5-6-22-2/h8,10-11H,3-7,9H2,1-2H3,(H,15,19). The van der Waals surface area contributed by atoms with E-state index in [1.54, 1.807) is 13.2 Å². The zero-order valence-corrected chi connectivity index (χ0v) is 14.2. The lowest BCUT2D eigenvalue weighted by atomic mass is 10.2. The van der Waals surface area contributed by atoms with Gasteiger partial charge in [0.05, 0.1) is 18.1 Å². The smallest absolute Gasteiger partial charge is 0.270 e. The summed E-state index contributed by atoms with van der Waals surface area (Å²) in [5, 5.41) is 2.70. The van der Waals surface area contributed by atoms with Crippen molar-refractivity contribution in [3.8, 4) is 0 Å². The number of aromatic nitrogens is 2. The molecule has 1 aliphatic heterocycles. The predicted octanol–water partition coefficient (Wildman–Crippen LogP) is -0.134. The first-order chi connectivity index (χ1) is 11.0. The SMILES string of the molecule is CCN(c1cc(C(=O)NCCOC)ncn1)C1CCS(=O)(=O)C1. The second kappa shape index (κ2) is 7.69. The Bertz CT molecular complexity index is 650. The van der Waals surface area contributed by atoms with Crippen molar-refractivity contribution in [2.45, 2.75) is 19.4 Å². The number of amides is 1. The van der Waals surface area contributed by atoms with E-state index in [-0.39, 0.29) is 29.1 Å². The third-order valence-corrected chi connectivity index (χ3v) is 5.51. The molecule has 1 fully saturated rings. The van der Waals surface area contributed by atoms with E-state index < -0.39 is 9.84 Å². The lowest BCUT2D eigenvalue weighted by molar-refractivity contribution is 0.0932. The van der Waals surface area contributed by atoms with Crippen molar-refractivity contribution in [1.82, 2.24) is 15.3 Å². The Morgan fingerprint density at radius 3 is 2.87 bits per heavy atom. The molecule has 0 aliphatic carbocycles. The van der Waals surface area contributed by atoms with E-state index in [0.717, 1.165) is 0 Å². The van der Waals surface area contributed by atoms with Gasteiger partial charge in [0.2, 0.25) is 0 Å². The summed E-state index contributed by atoms with van der Waals surface area (Å²) in [4.78, 5) is 22.1. The minimum absolute atomic E-state index is 0.107. The number of carbonyl (C=O) groups is 1. The molecule has 0 aromatic carbocycles. The quantitative estimate of drug-likeness (QED) is 0.689. The molecule has 8 nitrogen and oxygen atoms in total. The molecule has 2 rings (SSSR count). The van der Waals surface area contributed by atoms with E-state index in [1.165, 1.54) is 6.33 Å². The third kappa shape index (κ3) is 4.61. The van der Waals surface area contributed by atoms with E-state index in [4.69, 9.17) is 4.74 Å². The first-order valence-corrected chi connectivity index (χ1v) is 9.35. The maximum absolute atomic E-state index is 12.0. The minimum atomic E-state index is -2.98. The van der Waals surface area contributed by atoms with Crippen LogP contribution in [0.25, 0.3) is 0 Å². The van der Waals surface area contributed by atoms with Gasteiger partial charge >= 0.3 is 0 Å². The molecule has 23 heavy (non-hydrogen) atoms. The van der Waals surface area contributed by atoms with Gasteiger partial charge in [-0.1, -0.05) is 0 Å². The fourth-order valence-corrected chi connectivity index (χ4v) is 4.34. The van der Waals surface area contributed by atoms with Crippen molar-refractivity contribution in [1.29, 1.82) is 0 Å². The molecule has 2 heterocycles. The molecule has 1 atom stereocenters. The summed E-state index contributed by atoms with van der Waals surface area (Å²) in [6.45, 7) is 3.37. The average molecular weight is 342 g/mol. The van der Waals surface area contributed by atoms with Crippen LogP contribution in [0.1, 0.15) is 23.8 Å². The fraction of sp³-hybridized carbons (Fsp3) is 0.643. The van der Waals surface area contributed by atoms with Gasteiger partial charge in [0.25, 0.3) is 5.91 Å². The van der Waals surface area contributed by atoms with Gasteiger partial charge in [-0.25, -0.2) is 18.4 Å². The van der Waals surface area contributed by atoms with Crippen LogP contribution in [0.3, 0.4) is 0 Å². The predicted molar refractivity (Wildman–Crippen MR) is 86.3 cm³/mol. The molecule has 1 amide bonds. The Morgan fingerprint density at radius 1 is 1.48 bits per heavy atom. The van der Waals surface area contributed by atoms with Gasteiger partial charge in [0.15, 0.2) is 9.84 Å². The summed E-state index contributed by atoms with van der Waals surface area (Å²) in [7, 11) is -1.42. The molecule has 1 aromatic heterocycles. The van der Waals surface area contributed by atoms with Gasteiger partial charge in [-0.2, -0.15) is 0 Å². The van der Waals surface area contributed by atoms with Gasteiger partial charge in [-0.15, -0.1) is 0 Å². The highest BCUT2D eigenvalue weighted by Gasteiger charge is 2.32. The van der Waals surface area contributed by atoms with E-state index in [0.29, 0.717) is 31.9 Å². The molecular weight excluding hydrogens is 320 g/mol. The number of hydrogen-bond donors (Lipinski definition) is 1. The average Bonchev–Trinajstić information content (AvgIpc) is 2.88. The Labute approximate surface area is 136 Å². The normalized spacial score (nSPS) is 19.5. The number of sulfone groups is 1. The van der Waals surface area contributed by atoms with Crippen LogP contribution in [-0.2, 0) is 14.6 Å². The number of methoxy groups -OCH3 is 1. The van der Waals surface area contributed by atoms with Crippen molar-refractivity contribution in [3.05, 3.63) is 18.1 Å². The third-order valence-electron chi connectivity index (χ3n) is 3.76. The van der Waals surface area contributed by atoms with Crippen LogP contribution in [0.5, 0.6) is 0 Å². The molecule has 1 aromatic rings. The topological polar surface area (TPSA) is 101 Å². The molecule has 0 radical (unpaired) electrons. The summed E-state index contributed by atoms with van der Waals surface area (Å²) in [6.07, 6.45) is 1.90. The summed E-state index contributed by atoms with van der Waals surface area (Å²) in [6, 6.07) is 1.49. The minimum Gasteiger partial charge on any atom is -0.383 e. The lowest BCUT2D eigenvalue weighted by Gasteiger charge is -2.27. The molecule has 0 spiro atoms. The van der Waals surface area contributed by atoms with Crippen LogP contribution in [-0.4, -0.2) is 68.6 Å². The highest BCUT2D eigenvalue weighted by atomic mass is 32.2. The molecule has 0 bridgehead atoms. The maximum atomic E-state index is 12.0. The van der Waals surface area contributed by atoms with Crippen molar-refractivity contribution >= 4 is 21.6 Å². The number of anilines is 1. The Morgan fingerprint density at radius 2 is 2.26 bits per heavy atom. The summed E-state index contributed by atoms with van der Waals surface area (Å²) in [5.41, 5.74) is 0.255.